The fourth-order valence-corrected chi connectivity index (χ4v) is 3.58. The van der Waals surface area contributed by atoms with Gasteiger partial charge < -0.3 is 16.0 Å². The first-order chi connectivity index (χ1) is 12.0. The number of piperidine rings is 1. The number of aliphatic imine (C=N–C) groups is 1. The minimum absolute atomic E-state index is 0.216. The van der Waals surface area contributed by atoms with Gasteiger partial charge in [0.15, 0.2) is 5.96 Å². The van der Waals surface area contributed by atoms with E-state index in [9.17, 15) is 4.79 Å². The van der Waals surface area contributed by atoms with Crippen LogP contribution >= 0.6 is 0 Å². The van der Waals surface area contributed by atoms with Crippen LogP contribution in [0.3, 0.4) is 0 Å². The number of primary amides is 1. The van der Waals surface area contributed by atoms with Crippen LogP contribution in [-0.4, -0.2) is 48.4 Å². The average molecular weight is 345 g/mol. The number of nitrogens with one attached hydrogen (secondary N) is 1. The SMILES string of the molecule is CN=C(NCC(c1cccnc1)C(C)C)N1CCCC(CC(N)=O)C1. The van der Waals surface area contributed by atoms with E-state index < -0.39 is 0 Å². The summed E-state index contributed by atoms with van der Waals surface area (Å²) >= 11 is 0. The zero-order chi connectivity index (χ0) is 18.2. The predicted octanol–water partition coefficient (Wildman–Crippen LogP) is 1.98. The van der Waals surface area contributed by atoms with Crippen molar-refractivity contribution in [2.24, 2.45) is 22.6 Å². The van der Waals surface area contributed by atoms with Crippen LogP contribution < -0.4 is 11.1 Å². The lowest BCUT2D eigenvalue weighted by Crippen LogP contribution is -2.48. The van der Waals surface area contributed by atoms with Crippen LogP contribution in [-0.2, 0) is 4.79 Å². The van der Waals surface area contributed by atoms with E-state index in [0.717, 1.165) is 38.4 Å². The van der Waals surface area contributed by atoms with Crippen molar-refractivity contribution in [2.75, 3.05) is 26.7 Å². The van der Waals surface area contributed by atoms with Crippen molar-refractivity contribution in [3.63, 3.8) is 0 Å². The highest BCUT2D eigenvalue weighted by atomic mass is 16.1. The number of nitrogens with two attached hydrogens (primary N) is 1. The standard InChI is InChI=1S/C19H31N5O/c1-14(2)17(16-7-4-8-22-11-16)12-23-19(21-3)24-9-5-6-15(13-24)10-18(20)25/h4,7-8,11,14-15,17H,5-6,9-10,12-13H2,1-3H3,(H2,20,25)(H,21,23). The number of nitrogens with zero attached hydrogens (tertiary/aromatic N) is 3. The summed E-state index contributed by atoms with van der Waals surface area (Å²) in [6.07, 6.45) is 6.33. The zero-order valence-electron chi connectivity index (χ0n) is 15.6. The van der Waals surface area contributed by atoms with Crippen LogP contribution in [0.4, 0.5) is 0 Å². The van der Waals surface area contributed by atoms with Gasteiger partial charge in [-0.15, -0.1) is 0 Å². The molecule has 6 heteroatoms. The minimum atomic E-state index is -0.216. The van der Waals surface area contributed by atoms with E-state index in [1.165, 1.54) is 5.56 Å². The number of guanidine groups is 1. The Balaban J connectivity index is 1.97. The second kappa shape index (κ2) is 9.39. The number of carbonyl (C=O) groups excluding carboxylic acids is 1. The molecule has 1 aliphatic heterocycles. The molecule has 25 heavy (non-hydrogen) atoms. The monoisotopic (exact) mass is 345 g/mol. The number of carbonyl (C=O) groups is 1. The maximum atomic E-state index is 11.2. The van der Waals surface area contributed by atoms with E-state index in [0.29, 0.717) is 24.2 Å². The summed E-state index contributed by atoms with van der Waals surface area (Å²) in [4.78, 5) is 22.2. The third-order valence-electron chi connectivity index (χ3n) is 4.92. The van der Waals surface area contributed by atoms with Gasteiger partial charge in [0.25, 0.3) is 0 Å². The highest BCUT2D eigenvalue weighted by Crippen LogP contribution is 2.23. The summed E-state index contributed by atoms with van der Waals surface area (Å²) < 4.78 is 0. The zero-order valence-corrected chi connectivity index (χ0v) is 15.6. The molecule has 1 aromatic rings. The Hall–Kier alpha value is -2.11. The van der Waals surface area contributed by atoms with E-state index in [-0.39, 0.29) is 5.91 Å². The van der Waals surface area contributed by atoms with Crippen LogP contribution in [0.5, 0.6) is 0 Å². The molecule has 2 unspecified atom stereocenters. The summed E-state index contributed by atoms with van der Waals surface area (Å²) in [5, 5.41) is 3.52. The normalized spacial score (nSPS) is 19.8. The van der Waals surface area contributed by atoms with Gasteiger partial charge in [0.1, 0.15) is 0 Å². The Kier molecular flexibility index (Phi) is 7.22. The maximum Gasteiger partial charge on any atom is 0.217 e. The van der Waals surface area contributed by atoms with Gasteiger partial charge in [-0.1, -0.05) is 19.9 Å². The molecular weight excluding hydrogens is 314 g/mol. The summed E-state index contributed by atoms with van der Waals surface area (Å²) in [6.45, 7) is 7.07. The molecule has 138 valence electrons. The summed E-state index contributed by atoms with van der Waals surface area (Å²) in [5.41, 5.74) is 6.61. The van der Waals surface area contributed by atoms with Crippen molar-refractivity contribution in [3.05, 3.63) is 30.1 Å². The van der Waals surface area contributed by atoms with E-state index in [1.54, 1.807) is 6.20 Å². The molecule has 2 rings (SSSR count). The Bertz CT molecular complexity index is 572. The lowest BCUT2D eigenvalue weighted by atomic mass is 9.89. The smallest absolute Gasteiger partial charge is 0.217 e. The van der Waals surface area contributed by atoms with Gasteiger partial charge in [0.2, 0.25) is 5.91 Å². The van der Waals surface area contributed by atoms with Gasteiger partial charge >= 0.3 is 0 Å². The first kappa shape index (κ1) is 19.2. The van der Waals surface area contributed by atoms with Crippen molar-refractivity contribution in [1.82, 2.24) is 15.2 Å². The highest BCUT2D eigenvalue weighted by molar-refractivity contribution is 5.80. The first-order valence-corrected chi connectivity index (χ1v) is 9.15. The molecule has 0 saturated carbocycles. The van der Waals surface area contributed by atoms with E-state index >= 15 is 0 Å². The molecule has 1 aromatic heterocycles. The van der Waals surface area contributed by atoms with E-state index in [2.05, 4.69) is 40.1 Å². The van der Waals surface area contributed by atoms with E-state index in [4.69, 9.17) is 5.73 Å². The molecule has 1 aliphatic rings. The summed E-state index contributed by atoms with van der Waals surface area (Å²) in [5.74, 6) is 1.88. The molecule has 1 amide bonds. The fraction of sp³-hybridized carbons (Fsp3) is 0.632. The van der Waals surface area contributed by atoms with Gasteiger partial charge in [-0.3, -0.25) is 14.8 Å². The van der Waals surface area contributed by atoms with Gasteiger partial charge in [0, 0.05) is 51.4 Å². The Labute approximate surface area is 150 Å². The third-order valence-corrected chi connectivity index (χ3v) is 4.92. The summed E-state index contributed by atoms with van der Waals surface area (Å²) in [7, 11) is 1.81. The number of hydrogen-bond donors (Lipinski definition) is 2. The molecule has 0 radical (unpaired) electrons. The number of rotatable bonds is 6. The van der Waals surface area contributed by atoms with Gasteiger partial charge in [0.05, 0.1) is 0 Å². The summed E-state index contributed by atoms with van der Waals surface area (Å²) in [6, 6.07) is 4.12. The van der Waals surface area contributed by atoms with Crippen molar-refractivity contribution in [3.8, 4) is 0 Å². The van der Waals surface area contributed by atoms with Crippen LogP contribution in [0.25, 0.3) is 0 Å². The molecule has 0 bridgehead atoms. The molecule has 1 fully saturated rings. The Morgan fingerprint density at radius 3 is 2.92 bits per heavy atom. The number of amides is 1. The molecule has 6 nitrogen and oxygen atoms in total. The lowest BCUT2D eigenvalue weighted by molar-refractivity contribution is -0.119. The molecule has 3 N–H and O–H groups in total. The van der Waals surface area contributed by atoms with Crippen LogP contribution in [0.15, 0.2) is 29.5 Å². The van der Waals surface area contributed by atoms with Gasteiger partial charge in [-0.25, -0.2) is 0 Å². The van der Waals surface area contributed by atoms with Crippen molar-refractivity contribution in [2.45, 2.75) is 39.0 Å². The molecule has 2 atom stereocenters. The van der Waals surface area contributed by atoms with E-state index in [1.807, 2.05) is 19.3 Å². The van der Waals surface area contributed by atoms with Crippen LogP contribution in [0, 0.1) is 11.8 Å². The lowest BCUT2D eigenvalue weighted by Gasteiger charge is -2.35. The highest BCUT2D eigenvalue weighted by Gasteiger charge is 2.24. The van der Waals surface area contributed by atoms with Crippen LogP contribution in [0.2, 0.25) is 0 Å². The molecular formula is C19H31N5O. The van der Waals surface area contributed by atoms with Gasteiger partial charge in [-0.05, 0) is 36.3 Å². The number of hydrogen-bond acceptors (Lipinski definition) is 3. The first-order valence-electron chi connectivity index (χ1n) is 9.15. The Morgan fingerprint density at radius 1 is 1.52 bits per heavy atom. The second-order valence-corrected chi connectivity index (χ2v) is 7.19. The van der Waals surface area contributed by atoms with Crippen LogP contribution in [0.1, 0.15) is 44.6 Å². The maximum absolute atomic E-state index is 11.2. The largest absolute Gasteiger partial charge is 0.370 e. The Morgan fingerprint density at radius 2 is 2.32 bits per heavy atom. The van der Waals surface area contributed by atoms with Crippen molar-refractivity contribution >= 4 is 11.9 Å². The molecule has 0 aliphatic carbocycles. The van der Waals surface area contributed by atoms with Crippen molar-refractivity contribution in [1.29, 1.82) is 0 Å². The number of pyridine rings is 1. The average Bonchev–Trinajstić information content (AvgIpc) is 2.59. The topological polar surface area (TPSA) is 83.6 Å². The molecule has 1 saturated heterocycles. The molecule has 0 aromatic carbocycles. The van der Waals surface area contributed by atoms with Gasteiger partial charge in [-0.2, -0.15) is 0 Å². The molecule has 2 heterocycles. The number of likely N-dealkylation sites (tertiary alicyclic amines) is 1. The third kappa shape index (κ3) is 5.73. The number of aromatic nitrogens is 1. The predicted molar refractivity (Wildman–Crippen MR) is 101 cm³/mol. The quantitative estimate of drug-likeness (QED) is 0.610. The van der Waals surface area contributed by atoms with Crippen molar-refractivity contribution < 1.29 is 4.79 Å². The second-order valence-electron chi connectivity index (χ2n) is 7.19. The fourth-order valence-electron chi connectivity index (χ4n) is 3.58. The molecule has 0 spiro atoms. The minimum Gasteiger partial charge on any atom is -0.370 e.